The number of Topliss-reactive ketones (excluding diaryl/α,β-unsaturated/α-hetero) is 1. The van der Waals surface area contributed by atoms with Crippen LogP contribution in [0.15, 0.2) is 65.2 Å². The number of aromatic nitrogens is 1. The number of hydrogen-bond acceptors (Lipinski definition) is 7. The minimum atomic E-state index is -0.833. The second-order valence-corrected chi connectivity index (χ2v) is 8.21. The van der Waals surface area contributed by atoms with Crippen LogP contribution >= 0.6 is 0 Å². The van der Waals surface area contributed by atoms with Crippen molar-refractivity contribution < 1.29 is 38.7 Å². The third kappa shape index (κ3) is 12.8. The molecule has 5 N–H and O–H groups in total. The standard InChI is InChI=1S/C25H27N3O4.C2H4O2.CH2O2/c1-2-21(23(29)13-14-24(26)30)27-25(31)15-12-20-16-22(28-32-20)19-10-8-18(9-11-19)17-6-4-3-5-7-17;1-2(3)4;2-1-3/h3-11,16,21H,2,12-15H2,1H3,(H2,26,30)(H,27,31);1H3,(H,3,4);1H,(H,2,3)/t21-;;/m0../s1. The molecule has 1 heterocycles. The number of carbonyl (C=O) groups excluding carboxylic acids is 3. The average Bonchev–Trinajstić information content (AvgIpc) is 3.39. The Labute approximate surface area is 226 Å². The molecule has 2 aromatic carbocycles. The fraction of sp³-hybridized carbons (Fsp3) is 0.286. The average molecular weight is 540 g/mol. The molecule has 0 spiro atoms. The van der Waals surface area contributed by atoms with Gasteiger partial charge in [-0.2, -0.15) is 0 Å². The largest absolute Gasteiger partial charge is 0.483 e. The van der Waals surface area contributed by atoms with Crippen molar-refractivity contribution in [1.82, 2.24) is 10.5 Å². The summed E-state index contributed by atoms with van der Waals surface area (Å²) in [6.07, 6.45) is 1.00. The summed E-state index contributed by atoms with van der Waals surface area (Å²) in [4.78, 5) is 52.6. The number of nitrogens with two attached hydrogens (primary N) is 1. The monoisotopic (exact) mass is 539 g/mol. The number of rotatable bonds is 11. The highest BCUT2D eigenvalue weighted by molar-refractivity contribution is 5.91. The lowest BCUT2D eigenvalue weighted by Crippen LogP contribution is -2.40. The van der Waals surface area contributed by atoms with Crippen molar-refractivity contribution in [1.29, 1.82) is 0 Å². The number of aryl methyl sites for hydroxylation is 1. The maximum atomic E-state index is 12.3. The van der Waals surface area contributed by atoms with E-state index in [0.29, 0.717) is 24.3 Å². The van der Waals surface area contributed by atoms with Gasteiger partial charge < -0.3 is 25.8 Å². The van der Waals surface area contributed by atoms with Gasteiger partial charge in [0.25, 0.3) is 12.4 Å². The highest BCUT2D eigenvalue weighted by atomic mass is 16.5. The smallest absolute Gasteiger partial charge is 0.300 e. The SMILES string of the molecule is CC(=O)O.CC[C@H](NC(=O)CCc1cc(-c2ccc(-c3ccccc3)cc2)no1)C(=O)CCC(N)=O.O=CO. The second kappa shape index (κ2) is 17.6. The number of nitrogens with zero attached hydrogens (tertiary/aromatic N) is 1. The maximum Gasteiger partial charge on any atom is 0.300 e. The zero-order valence-electron chi connectivity index (χ0n) is 21.8. The molecule has 3 aromatic rings. The molecule has 0 radical (unpaired) electrons. The number of ketones is 1. The molecule has 0 aliphatic heterocycles. The van der Waals surface area contributed by atoms with E-state index < -0.39 is 17.9 Å². The molecule has 3 rings (SSSR count). The quantitative estimate of drug-likeness (QED) is 0.264. The van der Waals surface area contributed by atoms with Crippen LogP contribution in [0, 0.1) is 0 Å². The summed E-state index contributed by atoms with van der Waals surface area (Å²) in [6.45, 7) is 2.64. The van der Waals surface area contributed by atoms with Crippen molar-refractivity contribution in [3.63, 3.8) is 0 Å². The van der Waals surface area contributed by atoms with Gasteiger partial charge in [0.05, 0.1) is 6.04 Å². The Morgan fingerprint density at radius 2 is 1.51 bits per heavy atom. The molecular formula is C28H33N3O8. The molecule has 1 atom stereocenters. The van der Waals surface area contributed by atoms with Crippen LogP contribution in [0.3, 0.4) is 0 Å². The zero-order chi connectivity index (χ0) is 29.2. The second-order valence-electron chi connectivity index (χ2n) is 8.21. The molecule has 0 unspecified atom stereocenters. The third-order valence-electron chi connectivity index (χ3n) is 5.20. The third-order valence-corrected chi connectivity index (χ3v) is 5.20. The highest BCUT2D eigenvalue weighted by Gasteiger charge is 2.19. The van der Waals surface area contributed by atoms with E-state index in [4.69, 9.17) is 30.1 Å². The molecule has 0 saturated heterocycles. The predicted octanol–water partition coefficient (Wildman–Crippen LogP) is 3.46. The van der Waals surface area contributed by atoms with Crippen molar-refractivity contribution in [3.8, 4) is 22.4 Å². The van der Waals surface area contributed by atoms with Gasteiger partial charge in [-0.3, -0.25) is 24.0 Å². The van der Waals surface area contributed by atoms with Crippen LogP contribution in [0.5, 0.6) is 0 Å². The van der Waals surface area contributed by atoms with Gasteiger partial charge in [-0.05, 0) is 17.5 Å². The first kappa shape index (κ1) is 32.2. The summed E-state index contributed by atoms with van der Waals surface area (Å²) < 4.78 is 5.38. The number of carbonyl (C=O) groups is 5. The van der Waals surface area contributed by atoms with Crippen molar-refractivity contribution in [3.05, 3.63) is 66.4 Å². The number of carboxylic acid groups (broad SMARTS) is 2. The topological polar surface area (TPSA) is 190 Å². The molecule has 0 aliphatic carbocycles. The van der Waals surface area contributed by atoms with Gasteiger partial charge in [-0.25, -0.2) is 0 Å². The fourth-order valence-electron chi connectivity index (χ4n) is 3.36. The zero-order valence-corrected chi connectivity index (χ0v) is 21.8. The lowest BCUT2D eigenvalue weighted by molar-refractivity contribution is -0.134. The summed E-state index contributed by atoms with van der Waals surface area (Å²) >= 11 is 0. The summed E-state index contributed by atoms with van der Waals surface area (Å²) in [6, 6.07) is 19.4. The number of amides is 2. The molecule has 0 fully saturated rings. The molecule has 0 saturated carbocycles. The van der Waals surface area contributed by atoms with E-state index in [-0.39, 0.29) is 37.4 Å². The molecule has 11 nitrogen and oxygen atoms in total. The Morgan fingerprint density at radius 3 is 2.05 bits per heavy atom. The van der Waals surface area contributed by atoms with Crippen LogP contribution in [0.4, 0.5) is 0 Å². The van der Waals surface area contributed by atoms with E-state index in [2.05, 4.69) is 22.6 Å². The maximum absolute atomic E-state index is 12.3. The Balaban J connectivity index is 0.000000975. The molecule has 11 heteroatoms. The Bertz CT molecular complexity index is 1200. The lowest BCUT2D eigenvalue weighted by atomic mass is 10.0. The van der Waals surface area contributed by atoms with E-state index in [9.17, 15) is 14.4 Å². The van der Waals surface area contributed by atoms with E-state index in [1.807, 2.05) is 48.5 Å². The Kier molecular flexibility index (Phi) is 14.6. The predicted molar refractivity (Wildman–Crippen MR) is 143 cm³/mol. The number of hydrogen-bond donors (Lipinski definition) is 4. The highest BCUT2D eigenvalue weighted by Crippen LogP contribution is 2.25. The Morgan fingerprint density at radius 1 is 0.974 bits per heavy atom. The molecule has 39 heavy (non-hydrogen) atoms. The molecule has 0 aliphatic rings. The molecule has 208 valence electrons. The van der Waals surface area contributed by atoms with Gasteiger partial charge in [0, 0.05) is 44.2 Å². The van der Waals surface area contributed by atoms with Crippen LogP contribution in [-0.2, 0) is 30.4 Å². The van der Waals surface area contributed by atoms with Crippen molar-refractivity contribution in [2.75, 3.05) is 0 Å². The van der Waals surface area contributed by atoms with Gasteiger partial charge in [0.1, 0.15) is 11.5 Å². The first-order chi connectivity index (χ1) is 18.6. The van der Waals surface area contributed by atoms with Crippen LogP contribution in [0.1, 0.15) is 45.3 Å². The summed E-state index contributed by atoms with van der Waals surface area (Å²) in [5.74, 6) is -1.22. The van der Waals surface area contributed by atoms with Crippen LogP contribution in [0.2, 0.25) is 0 Å². The van der Waals surface area contributed by atoms with Crippen LogP contribution < -0.4 is 11.1 Å². The van der Waals surface area contributed by atoms with Gasteiger partial charge in [0.2, 0.25) is 11.8 Å². The summed E-state index contributed by atoms with van der Waals surface area (Å²) in [5, 5.41) is 21.1. The number of aliphatic carboxylic acids is 1. The van der Waals surface area contributed by atoms with Crippen molar-refractivity contribution in [2.24, 2.45) is 5.73 Å². The molecule has 2 amide bonds. The lowest BCUT2D eigenvalue weighted by Gasteiger charge is -2.15. The summed E-state index contributed by atoms with van der Waals surface area (Å²) in [7, 11) is 0. The number of nitrogens with one attached hydrogen (secondary N) is 1. The van der Waals surface area contributed by atoms with Gasteiger partial charge >= 0.3 is 0 Å². The van der Waals surface area contributed by atoms with E-state index in [1.165, 1.54) is 0 Å². The van der Waals surface area contributed by atoms with Gasteiger partial charge in [-0.1, -0.05) is 66.7 Å². The van der Waals surface area contributed by atoms with Crippen molar-refractivity contribution in [2.45, 2.75) is 52.0 Å². The van der Waals surface area contributed by atoms with Crippen molar-refractivity contribution >= 4 is 30.0 Å². The molecular weight excluding hydrogens is 506 g/mol. The Hall–Kier alpha value is -4.80. The number of benzene rings is 2. The molecule has 0 bridgehead atoms. The minimum absolute atomic E-state index is 0.0155. The first-order valence-corrected chi connectivity index (χ1v) is 12.1. The first-order valence-electron chi connectivity index (χ1n) is 12.1. The van der Waals surface area contributed by atoms with Gasteiger partial charge in [0.15, 0.2) is 5.78 Å². The van der Waals surface area contributed by atoms with Gasteiger partial charge in [-0.15, -0.1) is 0 Å². The van der Waals surface area contributed by atoms with E-state index >= 15 is 0 Å². The van der Waals surface area contributed by atoms with Crippen LogP contribution in [0.25, 0.3) is 22.4 Å². The van der Waals surface area contributed by atoms with Crippen LogP contribution in [-0.4, -0.2) is 51.5 Å². The number of carboxylic acids is 1. The number of primary amides is 1. The van der Waals surface area contributed by atoms with E-state index in [1.54, 1.807) is 6.92 Å². The molecule has 1 aromatic heterocycles. The summed E-state index contributed by atoms with van der Waals surface area (Å²) in [5.41, 5.74) is 8.97. The fourth-order valence-corrected chi connectivity index (χ4v) is 3.36. The van der Waals surface area contributed by atoms with E-state index in [0.717, 1.165) is 23.6 Å². The minimum Gasteiger partial charge on any atom is -0.483 e. The normalized spacial score (nSPS) is 10.5.